The third-order valence-corrected chi connectivity index (χ3v) is 6.19. The van der Waals surface area contributed by atoms with Crippen LogP contribution in [-0.2, 0) is 22.4 Å². The summed E-state index contributed by atoms with van der Waals surface area (Å²) in [6.07, 6.45) is 2.82. The minimum Gasteiger partial charge on any atom is -0.484 e. The predicted molar refractivity (Wildman–Crippen MR) is 118 cm³/mol. The number of amides is 1. The summed E-state index contributed by atoms with van der Waals surface area (Å²) in [4.78, 5) is 26.0. The van der Waals surface area contributed by atoms with E-state index in [9.17, 15) is 9.59 Å². The van der Waals surface area contributed by atoms with Crippen LogP contribution in [0.4, 0.5) is 5.00 Å². The van der Waals surface area contributed by atoms with Gasteiger partial charge < -0.3 is 14.8 Å². The fourth-order valence-corrected chi connectivity index (χ4v) is 4.89. The number of carbonyl (C=O) groups is 2. The zero-order valence-electron chi connectivity index (χ0n) is 16.8. The first-order chi connectivity index (χ1) is 14.7. The van der Waals surface area contributed by atoms with Crippen LogP contribution in [0.15, 0.2) is 54.6 Å². The number of aryl methyl sites for hydroxylation is 1. The maximum atomic E-state index is 12.5. The number of fused-ring (bicyclic) bond motifs is 1. The first kappa shape index (κ1) is 20.2. The second-order valence-corrected chi connectivity index (χ2v) is 8.11. The Balaban J connectivity index is 1.39. The first-order valence-corrected chi connectivity index (χ1v) is 10.9. The van der Waals surface area contributed by atoms with Gasteiger partial charge in [0.2, 0.25) is 0 Å². The lowest BCUT2D eigenvalue weighted by Gasteiger charge is -2.09. The van der Waals surface area contributed by atoms with Crippen molar-refractivity contribution in [3.8, 4) is 16.9 Å². The van der Waals surface area contributed by atoms with Crippen molar-refractivity contribution in [2.24, 2.45) is 0 Å². The number of esters is 1. The number of rotatable bonds is 7. The quantitative estimate of drug-likeness (QED) is 0.539. The van der Waals surface area contributed by atoms with Gasteiger partial charge in [0.05, 0.1) is 12.2 Å². The normalized spacial score (nSPS) is 12.3. The highest BCUT2D eigenvalue weighted by Crippen LogP contribution is 2.39. The molecule has 1 heterocycles. The molecule has 30 heavy (non-hydrogen) atoms. The van der Waals surface area contributed by atoms with E-state index in [0.717, 1.165) is 40.8 Å². The molecule has 0 aliphatic heterocycles. The number of anilines is 1. The summed E-state index contributed by atoms with van der Waals surface area (Å²) in [7, 11) is 0. The molecule has 0 fully saturated rings. The van der Waals surface area contributed by atoms with E-state index in [0.29, 0.717) is 22.9 Å². The van der Waals surface area contributed by atoms with Crippen LogP contribution in [-0.4, -0.2) is 25.1 Å². The van der Waals surface area contributed by atoms with Gasteiger partial charge in [0.15, 0.2) is 6.61 Å². The van der Waals surface area contributed by atoms with Crippen molar-refractivity contribution < 1.29 is 19.1 Å². The molecule has 0 unspecified atom stereocenters. The number of carbonyl (C=O) groups excluding carboxylic acids is 2. The van der Waals surface area contributed by atoms with Crippen LogP contribution in [0, 0.1) is 0 Å². The first-order valence-electron chi connectivity index (χ1n) is 10.1. The fourth-order valence-electron chi connectivity index (χ4n) is 3.60. The minimum atomic E-state index is -0.371. The molecule has 1 N–H and O–H groups in total. The Kier molecular flexibility index (Phi) is 6.14. The summed E-state index contributed by atoms with van der Waals surface area (Å²) >= 11 is 1.46. The molecular formula is C24H23NO4S. The van der Waals surface area contributed by atoms with Crippen molar-refractivity contribution >= 4 is 28.2 Å². The summed E-state index contributed by atoms with van der Waals surface area (Å²) < 4.78 is 10.8. The highest BCUT2D eigenvalue weighted by Gasteiger charge is 2.28. The Hall–Kier alpha value is -3.12. The number of hydrogen-bond acceptors (Lipinski definition) is 5. The highest BCUT2D eigenvalue weighted by molar-refractivity contribution is 7.17. The van der Waals surface area contributed by atoms with Crippen LogP contribution in [0.5, 0.6) is 5.75 Å². The molecule has 0 bridgehead atoms. The molecule has 4 rings (SSSR count). The number of ether oxygens (including phenoxy) is 2. The van der Waals surface area contributed by atoms with Crippen LogP contribution < -0.4 is 10.1 Å². The van der Waals surface area contributed by atoms with E-state index in [4.69, 9.17) is 9.47 Å². The van der Waals surface area contributed by atoms with Gasteiger partial charge in [-0.15, -0.1) is 11.3 Å². The molecule has 0 saturated heterocycles. The van der Waals surface area contributed by atoms with Crippen molar-refractivity contribution in [1.29, 1.82) is 0 Å². The molecule has 5 nitrogen and oxygen atoms in total. The van der Waals surface area contributed by atoms with Gasteiger partial charge in [-0.2, -0.15) is 0 Å². The lowest BCUT2D eigenvalue weighted by atomic mass is 10.1. The Morgan fingerprint density at radius 2 is 1.73 bits per heavy atom. The van der Waals surface area contributed by atoms with Gasteiger partial charge in [-0.05, 0) is 55.0 Å². The van der Waals surface area contributed by atoms with Crippen molar-refractivity contribution in [3.05, 3.63) is 70.6 Å². The largest absolute Gasteiger partial charge is 0.484 e. The lowest BCUT2D eigenvalue weighted by molar-refractivity contribution is -0.118. The number of benzene rings is 2. The van der Waals surface area contributed by atoms with Crippen molar-refractivity contribution in [2.75, 3.05) is 18.5 Å². The van der Waals surface area contributed by atoms with Gasteiger partial charge in [-0.25, -0.2) is 4.79 Å². The van der Waals surface area contributed by atoms with Crippen molar-refractivity contribution in [2.45, 2.75) is 26.2 Å². The summed E-state index contributed by atoms with van der Waals surface area (Å²) in [5.74, 6) is -0.0543. The van der Waals surface area contributed by atoms with E-state index in [1.165, 1.54) is 11.3 Å². The SMILES string of the molecule is CCOC(=O)c1c(NC(=O)COc2ccc(-c3ccccc3)cc2)sc2c1CCC2. The second-order valence-electron chi connectivity index (χ2n) is 7.01. The molecule has 1 aliphatic carbocycles. The zero-order valence-corrected chi connectivity index (χ0v) is 17.6. The molecule has 1 aromatic heterocycles. The smallest absolute Gasteiger partial charge is 0.341 e. The van der Waals surface area contributed by atoms with Crippen LogP contribution in [0.3, 0.4) is 0 Å². The second kappa shape index (κ2) is 9.13. The van der Waals surface area contributed by atoms with E-state index < -0.39 is 0 Å². The summed E-state index contributed by atoms with van der Waals surface area (Å²) in [6.45, 7) is 1.95. The van der Waals surface area contributed by atoms with Crippen LogP contribution in [0.1, 0.15) is 34.1 Å². The molecule has 0 saturated carbocycles. The Labute approximate surface area is 179 Å². The molecule has 0 spiro atoms. The van der Waals surface area contributed by atoms with Gasteiger partial charge in [-0.3, -0.25) is 4.79 Å². The molecule has 0 atom stereocenters. The van der Waals surface area contributed by atoms with Gasteiger partial charge in [0.25, 0.3) is 5.91 Å². The lowest BCUT2D eigenvalue weighted by Crippen LogP contribution is -2.21. The number of thiophene rings is 1. The molecule has 1 amide bonds. The number of hydrogen-bond donors (Lipinski definition) is 1. The van der Waals surface area contributed by atoms with Crippen molar-refractivity contribution in [1.82, 2.24) is 0 Å². The van der Waals surface area contributed by atoms with E-state index in [1.807, 2.05) is 54.6 Å². The van der Waals surface area contributed by atoms with E-state index >= 15 is 0 Å². The maximum Gasteiger partial charge on any atom is 0.341 e. The fraction of sp³-hybridized carbons (Fsp3) is 0.250. The van der Waals surface area contributed by atoms with Gasteiger partial charge >= 0.3 is 5.97 Å². The van der Waals surface area contributed by atoms with Gasteiger partial charge in [0.1, 0.15) is 10.8 Å². The molecule has 1 aliphatic rings. The Bertz CT molecular complexity index is 1040. The van der Waals surface area contributed by atoms with E-state index in [1.54, 1.807) is 6.92 Å². The van der Waals surface area contributed by atoms with Gasteiger partial charge in [-0.1, -0.05) is 42.5 Å². The monoisotopic (exact) mass is 421 g/mol. The molecule has 0 radical (unpaired) electrons. The molecule has 154 valence electrons. The zero-order chi connectivity index (χ0) is 20.9. The summed E-state index contributed by atoms with van der Waals surface area (Å²) in [6, 6.07) is 17.7. The molecule has 3 aromatic rings. The average Bonchev–Trinajstić information content (AvgIpc) is 3.34. The van der Waals surface area contributed by atoms with Crippen LogP contribution in [0.2, 0.25) is 0 Å². The predicted octanol–water partition coefficient (Wildman–Crippen LogP) is 5.10. The standard InChI is InChI=1S/C24H23NO4S/c1-2-28-24(27)22-19-9-6-10-20(19)30-23(22)25-21(26)15-29-18-13-11-17(12-14-18)16-7-4-3-5-8-16/h3-5,7-8,11-14H,2,6,9-10,15H2,1H3,(H,25,26). The average molecular weight is 422 g/mol. The molecular weight excluding hydrogens is 398 g/mol. The van der Waals surface area contributed by atoms with E-state index in [2.05, 4.69) is 5.32 Å². The minimum absolute atomic E-state index is 0.129. The van der Waals surface area contributed by atoms with Crippen LogP contribution >= 0.6 is 11.3 Å². The molecule has 6 heteroatoms. The Morgan fingerprint density at radius 3 is 2.47 bits per heavy atom. The highest BCUT2D eigenvalue weighted by atomic mass is 32.1. The molecule has 2 aromatic carbocycles. The van der Waals surface area contributed by atoms with Crippen molar-refractivity contribution in [3.63, 3.8) is 0 Å². The summed E-state index contributed by atoms with van der Waals surface area (Å²) in [5, 5.41) is 3.40. The van der Waals surface area contributed by atoms with E-state index in [-0.39, 0.29) is 18.5 Å². The third-order valence-electron chi connectivity index (χ3n) is 4.99. The maximum absolute atomic E-state index is 12.5. The topological polar surface area (TPSA) is 64.6 Å². The Morgan fingerprint density at radius 1 is 1.00 bits per heavy atom. The summed E-state index contributed by atoms with van der Waals surface area (Å²) in [5.41, 5.74) is 3.74. The van der Waals surface area contributed by atoms with Gasteiger partial charge in [0, 0.05) is 4.88 Å². The number of nitrogens with one attached hydrogen (secondary N) is 1. The third kappa shape index (κ3) is 4.39. The van der Waals surface area contributed by atoms with Crippen LogP contribution in [0.25, 0.3) is 11.1 Å².